The summed E-state index contributed by atoms with van der Waals surface area (Å²) in [7, 11) is 3.49. The summed E-state index contributed by atoms with van der Waals surface area (Å²) in [6.07, 6.45) is 1.51. The molecule has 3 aromatic rings. The molecule has 2 aliphatic heterocycles. The maximum absolute atomic E-state index is 13.5. The Hall–Kier alpha value is -3.42. The molecule has 1 saturated heterocycles. The molecule has 4 heterocycles. The van der Waals surface area contributed by atoms with Crippen LogP contribution in [0.2, 0.25) is 0 Å². The number of nitrogens with zero attached hydrogens (tertiary/aromatic N) is 5. The predicted octanol–water partition coefficient (Wildman–Crippen LogP) is 3.19. The molecule has 0 radical (unpaired) electrons. The van der Waals surface area contributed by atoms with Gasteiger partial charge in [0.05, 0.1) is 25.9 Å². The highest BCUT2D eigenvalue weighted by Crippen LogP contribution is 2.30. The van der Waals surface area contributed by atoms with Crippen LogP contribution >= 0.6 is 0 Å². The van der Waals surface area contributed by atoms with Crippen molar-refractivity contribution >= 4 is 11.7 Å². The van der Waals surface area contributed by atoms with Crippen molar-refractivity contribution in [1.29, 1.82) is 0 Å². The molecule has 160 valence electrons. The average molecular weight is 421 g/mol. The number of pyridine rings is 1. The van der Waals surface area contributed by atoms with Crippen LogP contribution in [0.5, 0.6) is 5.75 Å². The summed E-state index contributed by atoms with van der Waals surface area (Å²) < 4.78 is 20.5. The van der Waals surface area contributed by atoms with E-state index in [2.05, 4.69) is 4.98 Å². The highest BCUT2D eigenvalue weighted by atomic mass is 19.1. The molecule has 0 spiro atoms. The predicted molar refractivity (Wildman–Crippen MR) is 115 cm³/mol. The van der Waals surface area contributed by atoms with E-state index < -0.39 is 6.17 Å². The van der Waals surface area contributed by atoms with E-state index in [1.165, 1.54) is 0 Å². The van der Waals surface area contributed by atoms with Gasteiger partial charge >= 0.3 is 0 Å². The summed E-state index contributed by atoms with van der Waals surface area (Å²) in [5.41, 5.74) is 3.28. The number of methoxy groups -OCH3 is 1. The maximum Gasteiger partial charge on any atom is 0.273 e. The minimum atomic E-state index is -0.786. The van der Waals surface area contributed by atoms with Gasteiger partial charge in [-0.3, -0.25) is 4.79 Å². The summed E-state index contributed by atoms with van der Waals surface area (Å²) >= 11 is 0. The van der Waals surface area contributed by atoms with Crippen molar-refractivity contribution < 1.29 is 13.9 Å². The standard InChI is InChI=1S/C23H24FN5O2/c1-27-21-19(14-29(23(21)30)12-15-3-6-18(31-2)7-4-15)26-22(27)16-5-8-20(25-11-16)28-10-9-17(24)13-28/h3-8,11,17H,9-10,12-14H2,1-2H3/t17-/m0/s1. The highest BCUT2D eigenvalue weighted by molar-refractivity contribution is 5.97. The third-order valence-electron chi connectivity index (χ3n) is 5.99. The smallest absolute Gasteiger partial charge is 0.273 e. The lowest BCUT2D eigenvalue weighted by Crippen LogP contribution is -2.25. The number of carbonyl (C=O) groups excluding carboxylic acids is 1. The van der Waals surface area contributed by atoms with Crippen LogP contribution in [-0.4, -0.2) is 51.7 Å². The van der Waals surface area contributed by atoms with E-state index in [0.717, 1.165) is 28.4 Å². The summed E-state index contributed by atoms with van der Waals surface area (Å²) in [4.78, 5) is 26.0. The largest absolute Gasteiger partial charge is 0.497 e. The Kier molecular flexibility index (Phi) is 4.84. The third kappa shape index (κ3) is 3.52. The summed E-state index contributed by atoms with van der Waals surface area (Å²) in [5.74, 6) is 2.25. The summed E-state index contributed by atoms with van der Waals surface area (Å²) in [6, 6.07) is 11.5. The van der Waals surface area contributed by atoms with Crippen LogP contribution in [-0.2, 0) is 20.1 Å². The first kappa shape index (κ1) is 19.5. The Balaban J connectivity index is 1.33. The molecule has 5 rings (SSSR count). The quantitative estimate of drug-likeness (QED) is 0.633. The number of carbonyl (C=O) groups is 1. The van der Waals surface area contributed by atoms with E-state index in [1.807, 2.05) is 52.9 Å². The van der Waals surface area contributed by atoms with Gasteiger partial charge in [-0.1, -0.05) is 12.1 Å². The monoisotopic (exact) mass is 421 g/mol. The van der Waals surface area contributed by atoms with E-state index >= 15 is 0 Å². The number of anilines is 1. The molecule has 8 heteroatoms. The normalized spacial score (nSPS) is 18.0. The molecular formula is C23H24FN5O2. The zero-order valence-electron chi connectivity index (χ0n) is 17.6. The fourth-order valence-electron chi connectivity index (χ4n) is 4.30. The number of alkyl halides is 1. The topological polar surface area (TPSA) is 63.5 Å². The van der Waals surface area contributed by atoms with Crippen molar-refractivity contribution in [3.8, 4) is 17.1 Å². The molecule has 2 aromatic heterocycles. The van der Waals surface area contributed by atoms with Crippen LogP contribution < -0.4 is 9.64 Å². The zero-order valence-corrected chi connectivity index (χ0v) is 17.6. The number of imidazole rings is 1. The Morgan fingerprint density at radius 3 is 2.61 bits per heavy atom. The number of halogens is 1. The SMILES string of the molecule is COc1ccc(CN2Cc3nc(-c4ccc(N5CC[C@H](F)C5)nc4)n(C)c3C2=O)cc1. The van der Waals surface area contributed by atoms with E-state index in [9.17, 15) is 9.18 Å². The molecule has 0 unspecified atom stereocenters. The second-order valence-electron chi connectivity index (χ2n) is 8.04. The Labute approximate surface area is 180 Å². The van der Waals surface area contributed by atoms with Gasteiger partial charge in [0.15, 0.2) is 0 Å². The van der Waals surface area contributed by atoms with E-state index in [1.54, 1.807) is 18.2 Å². The maximum atomic E-state index is 13.5. The molecule has 7 nitrogen and oxygen atoms in total. The number of aromatic nitrogens is 3. The second-order valence-corrected chi connectivity index (χ2v) is 8.04. The van der Waals surface area contributed by atoms with Crippen molar-refractivity contribution in [3.05, 3.63) is 59.5 Å². The van der Waals surface area contributed by atoms with Gasteiger partial charge in [0.1, 0.15) is 29.3 Å². The molecule has 1 atom stereocenters. The van der Waals surface area contributed by atoms with Crippen LogP contribution in [0.25, 0.3) is 11.4 Å². The Morgan fingerprint density at radius 2 is 2.00 bits per heavy atom. The molecule has 1 aromatic carbocycles. The van der Waals surface area contributed by atoms with E-state index in [0.29, 0.717) is 44.1 Å². The van der Waals surface area contributed by atoms with Gasteiger partial charge in [0.2, 0.25) is 0 Å². The van der Waals surface area contributed by atoms with E-state index in [-0.39, 0.29) is 5.91 Å². The van der Waals surface area contributed by atoms with Gasteiger partial charge in [0, 0.05) is 31.9 Å². The minimum absolute atomic E-state index is 0.0253. The Bertz CT molecular complexity index is 1110. The molecule has 0 saturated carbocycles. The lowest BCUT2D eigenvalue weighted by Gasteiger charge is -2.17. The van der Waals surface area contributed by atoms with Crippen LogP contribution in [0.4, 0.5) is 10.2 Å². The third-order valence-corrected chi connectivity index (χ3v) is 5.99. The van der Waals surface area contributed by atoms with Crippen LogP contribution in [0.1, 0.15) is 28.2 Å². The van der Waals surface area contributed by atoms with Crippen molar-refractivity contribution in [3.63, 3.8) is 0 Å². The molecule has 2 aliphatic rings. The first-order valence-corrected chi connectivity index (χ1v) is 10.4. The van der Waals surface area contributed by atoms with Crippen LogP contribution in [0.3, 0.4) is 0 Å². The molecule has 1 fully saturated rings. The van der Waals surface area contributed by atoms with Crippen molar-refractivity contribution in [2.75, 3.05) is 25.1 Å². The summed E-state index contributed by atoms with van der Waals surface area (Å²) in [5, 5.41) is 0. The number of fused-ring (bicyclic) bond motifs is 1. The van der Waals surface area contributed by atoms with Crippen LogP contribution in [0.15, 0.2) is 42.6 Å². The fourth-order valence-corrected chi connectivity index (χ4v) is 4.30. The number of rotatable bonds is 5. The van der Waals surface area contributed by atoms with Gasteiger partial charge in [0.25, 0.3) is 5.91 Å². The molecule has 31 heavy (non-hydrogen) atoms. The fraction of sp³-hybridized carbons (Fsp3) is 0.348. The number of hydrogen-bond donors (Lipinski definition) is 0. The number of benzene rings is 1. The first-order chi connectivity index (χ1) is 15.0. The van der Waals surface area contributed by atoms with Crippen molar-refractivity contribution in [2.24, 2.45) is 7.05 Å². The lowest BCUT2D eigenvalue weighted by atomic mass is 10.2. The number of ether oxygens (including phenoxy) is 1. The molecular weight excluding hydrogens is 397 g/mol. The molecule has 1 amide bonds. The first-order valence-electron chi connectivity index (χ1n) is 10.4. The van der Waals surface area contributed by atoms with Gasteiger partial charge in [-0.2, -0.15) is 0 Å². The molecule has 0 aliphatic carbocycles. The number of hydrogen-bond acceptors (Lipinski definition) is 5. The minimum Gasteiger partial charge on any atom is -0.497 e. The van der Waals surface area contributed by atoms with Crippen molar-refractivity contribution in [2.45, 2.75) is 25.7 Å². The average Bonchev–Trinajstić information content (AvgIpc) is 3.45. The lowest BCUT2D eigenvalue weighted by molar-refractivity contribution is 0.0757. The number of amides is 1. The van der Waals surface area contributed by atoms with Gasteiger partial charge in [-0.25, -0.2) is 14.4 Å². The highest BCUT2D eigenvalue weighted by Gasteiger charge is 2.33. The summed E-state index contributed by atoms with van der Waals surface area (Å²) in [6.45, 7) is 2.08. The van der Waals surface area contributed by atoms with Gasteiger partial charge in [-0.05, 0) is 36.2 Å². The van der Waals surface area contributed by atoms with Crippen molar-refractivity contribution in [1.82, 2.24) is 19.4 Å². The van der Waals surface area contributed by atoms with Crippen LogP contribution in [0, 0.1) is 0 Å². The Morgan fingerprint density at radius 1 is 1.19 bits per heavy atom. The van der Waals surface area contributed by atoms with E-state index in [4.69, 9.17) is 9.72 Å². The molecule has 0 bridgehead atoms. The zero-order chi connectivity index (χ0) is 21.5. The van der Waals surface area contributed by atoms with Gasteiger partial charge in [-0.15, -0.1) is 0 Å². The second kappa shape index (κ2) is 7.68. The van der Waals surface area contributed by atoms with Gasteiger partial charge < -0.3 is 19.1 Å². The molecule has 0 N–H and O–H groups in total.